The van der Waals surface area contributed by atoms with Crippen molar-refractivity contribution in [2.75, 3.05) is 6.54 Å². The molecule has 23 heavy (non-hydrogen) atoms. The van der Waals surface area contributed by atoms with E-state index < -0.39 is 0 Å². The summed E-state index contributed by atoms with van der Waals surface area (Å²) in [5, 5.41) is 0. The molecule has 1 aliphatic heterocycles. The van der Waals surface area contributed by atoms with Crippen LogP contribution in [0, 0.1) is 0 Å². The molecule has 1 aliphatic rings. The van der Waals surface area contributed by atoms with E-state index in [1.165, 1.54) is 89.9 Å². The molecule has 0 bridgehead atoms. The molecule has 2 nitrogen and oxygen atoms in total. The van der Waals surface area contributed by atoms with Crippen LogP contribution >= 0.6 is 0 Å². The molecule has 0 radical (unpaired) electrons. The Balaban J connectivity index is 0.00000484. The molecule has 0 aromatic rings. The third kappa shape index (κ3) is 13.5. The number of hydrogen-bond acceptors (Lipinski definition) is 2. The zero-order valence-electron chi connectivity index (χ0n) is 15.5. The van der Waals surface area contributed by atoms with Crippen LogP contribution in [0.1, 0.15) is 104 Å². The van der Waals surface area contributed by atoms with Crippen molar-refractivity contribution < 1.29 is 12.4 Å². The second-order valence-electron chi connectivity index (χ2n) is 6.77. The summed E-state index contributed by atoms with van der Waals surface area (Å²) < 4.78 is 0. The van der Waals surface area contributed by atoms with Gasteiger partial charge in [0.1, 0.15) is 0 Å². The molecule has 134 valence electrons. The van der Waals surface area contributed by atoms with Gasteiger partial charge in [0.2, 0.25) is 5.70 Å². The average molecular weight is 341 g/mol. The Hall–Kier alpha value is -0.590. The van der Waals surface area contributed by atoms with E-state index >= 15 is 0 Å². The van der Waals surface area contributed by atoms with Crippen LogP contribution in [-0.4, -0.2) is 17.8 Å². The lowest BCUT2D eigenvalue weighted by molar-refractivity contribution is -0.00000494. The number of allylic oxidation sites excluding steroid dienone is 1. The number of hydrogen-bond donors (Lipinski definition) is 0. The average Bonchev–Trinajstić information content (AvgIpc) is 2.93. The molecule has 1 heterocycles. The Morgan fingerprint density at radius 2 is 1.22 bits per heavy atom. The minimum Gasteiger partial charge on any atom is -1.00 e. The van der Waals surface area contributed by atoms with Gasteiger partial charge >= 0.3 is 0 Å². The zero-order chi connectivity index (χ0) is 15.9. The molecule has 0 saturated carbocycles. The lowest BCUT2D eigenvalue weighted by atomic mass is 10.0. The molecule has 0 spiro atoms. The first-order valence-corrected chi connectivity index (χ1v) is 9.74. The molecule has 0 aromatic heterocycles. The standard InChI is InChI=1S/C20H37N2.ClH/c1-3-4-5-6-7-8-9-10-11-12-13-14-15-16-17-22-18-20(2)21-19-22;/h18H,3-17H2,1-2H3;1H/q+1;/p-1. The van der Waals surface area contributed by atoms with Crippen molar-refractivity contribution >= 4 is 6.34 Å². The Kier molecular flexibility index (Phi) is 15.9. The Morgan fingerprint density at radius 3 is 1.61 bits per heavy atom. The van der Waals surface area contributed by atoms with Gasteiger partial charge in [-0.3, -0.25) is 0 Å². The van der Waals surface area contributed by atoms with Crippen molar-refractivity contribution in [1.29, 1.82) is 0 Å². The topological polar surface area (TPSA) is 15.6 Å². The van der Waals surface area contributed by atoms with Gasteiger partial charge in [0.25, 0.3) is 6.34 Å². The number of aliphatic imine (C=N–C) groups is 1. The van der Waals surface area contributed by atoms with E-state index in [1.807, 2.05) is 6.92 Å². The molecule has 0 N–H and O–H groups in total. The fraction of sp³-hybridized carbons (Fsp3) is 0.850. The van der Waals surface area contributed by atoms with E-state index in [0.29, 0.717) is 0 Å². The maximum absolute atomic E-state index is 4.14. The van der Waals surface area contributed by atoms with Gasteiger partial charge in [-0.25, -0.2) is 0 Å². The maximum Gasteiger partial charge on any atom is 0.255 e. The maximum atomic E-state index is 4.14. The monoisotopic (exact) mass is 340 g/mol. The molecule has 0 unspecified atom stereocenters. The zero-order valence-corrected chi connectivity index (χ0v) is 16.2. The molecule has 0 amide bonds. The van der Waals surface area contributed by atoms with E-state index in [-0.39, 0.29) is 12.4 Å². The van der Waals surface area contributed by atoms with Crippen LogP contribution in [0.15, 0.2) is 16.9 Å². The minimum atomic E-state index is 0. The first kappa shape index (κ1) is 22.4. The first-order chi connectivity index (χ1) is 10.8. The summed E-state index contributed by atoms with van der Waals surface area (Å²) >= 11 is 0. The molecule has 0 atom stereocenters. The van der Waals surface area contributed by atoms with Crippen molar-refractivity contribution in [1.82, 2.24) is 4.90 Å². The number of unbranched alkanes of at least 4 members (excludes halogenated alkanes) is 13. The summed E-state index contributed by atoms with van der Waals surface area (Å²) in [5.41, 5.74) is 1.07. The number of nitrogens with zero attached hydrogens (tertiary/aromatic N) is 2. The van der Waals surface area contributed by atoms with Crippen molar-refractivity contribution in [3.8, 4) is 0 Å². The number of halogens is 1. The van der Waals surface area contributed by atoms with E-state index in [4.69, 9.17) is 0 Å². The minimum absolute atomic E-state index is 0. The van der Waals surface area contributed by atoms with E-state index in [2.05, 4.69) is 29.4 Å². The predicted octanol–water partition coefficient (Wildman–Crippen LogP) is 3.55. The van der Waals surface area contributed by atoms with Crippen molar-refractivity contribution in [3.63, 3.8) is 0 Å². The second-order valence-corrected chi connectivity index (χ2v) is 6.77. The summed E-state index contributed by atoms with van der Waals surface area (Å²) in [6, 6.07) is 0. The highest BCUT2D eigenvalue weighted by atomic mass is 35.5. The highest BCUT2D eigenvalue weighted by molar-refractivity contribution is 5.61. The van der Waals surface area contributed by atoms with Crippen molar-refractivity contribution in [2.24, 2.45) is 4.99 Å². The molecular weight excluding hydrogens is 304 g/mol. The third-order valence-electron chi connectivity index (χ3n) is 4.45. The number of rotatable bonds is 15. The molecule has 1 rings (SSSR count). The lowest BCUT2D eigenvalue weighted by Crippen LogP contribution is -3.00. The summed E-state index contributed by atoms with van der Waals surface area (Å²) in [4.78, 5) is 6.23. The van der Waals surface area contributed by atoms with Crippen LogP contribution in [0.2, 0.25) is 0 Å². The van der Waals surface area contributed by atoms with Gasteiger partial charge in [-0.15, -0.1) is 0 Å². The highest BCUT2D eigenvalue weighted by Gasteiger charge is 2.14. The predicted molar refractivity (Wildman–Crippen MR) is 98.2 cm³/mol. The van der Waals surface area contributed by atoms with Crippen LogP contribution in [0.5, 0.6) is 0 Å². The van der Waals surface area contributed by atoms with Crippen LogP contribution in [-0.2, 0) is 0 Å². The smallest absolute Gasteiger partial charge is 0.255 e. The first-order valence-electron chi connectivity index (χ1n) is 9.74. The van der Waals surface area contributed by atoms with E-state index in [9.17, 15) is 0 Å². The van der Waals surface area contributed by atoms with Gasteiger partial charge in [0.05, 0.1) is 6.54 Å². The second kappa shape index (κ2) is 16.3. The van der Waals surface area contributed by atoms with Crippen LogP contribution in [0.3, 0.4) is 0 Å². The summed E-state index contributed by atoms with van der Waals surface area (Å²) in [6.07, 6.45) is 25.0. The van der Waals surface area contributed by atoms with Gasteiger partial charge in [0.15, 0.2) is 6.20 Å². The SMILES string of the molecule is CCCCCCCCCCCCCCCCN1[C+]=NC(C)=C1.[Cl-]. The molecule has 3 heteroatoms. The molecule has 0 aliphatic carbocycles. The Labute approximate surface area is 151 Å². The Morgan fingerprint density at radius 1 is 0.783 bits per heavy atom. The molecule has 0 aromatic carbocycles. The normalized spacial score (nSPS) is 13.0. The van der Waals surface area contributed by atoms with Gasteiger partial charge < -0.3 is 12.4 Å². The molecule has 0 saturated heterocycles. The summed E-state index contributed by atoms with van der Waals surface area (Å²) in [7, 11) is 0. The lowest BCUT2D eigenvalue weighted by Gasteiger charge is -2.04. The fourth-order valence-corrected chi connectivity index (χ4v) is 3.02. The van der Waals surface area contributed by atoms with E-state index in [1.54, 1.807) is 0 Å². The van der Waals surface area contributed by atoms with E-state index in [0.717, 1.165) is 12.2 Å². The van der Waals surface area contributed by atoms with Crippen LogP contribution in [0.4, 0.5) is 0 Å². The fourth-order valence-electron chi connectivity index (χ4n) is 3.02. The molecule has 0 fully saturated rings. The van der Waals surface area contributed by atoms with Gasteiger partial charge in [-0.1, -0.05) is 90.4 Å². The van der Waals surface area contributed by atoms with Gasteiger partial charge in [-0.05, 0) is 11.4 Å². The van der Waals surface area contributed by atoms with Crippen LogP contribution in [0.25, 0.3) is 0 Å². The molecular formula is C20H37ClN2. The third-order valence-corrected chi connectivity index (χ3v) is 4.45. The largest absolute Gasteiger partial charge is 1.00 e. The summed E-state index contributed by atoms with van der Waals surface area (Å²) in [5.74, 6) is 0. The van der Waals surface area contributed by atoms with Gasteiger partial charge in [-0.2, -0.15) is 4.90 Å². The Bertz CT molecular complexity index is 313. The highest BCUT2D eigenvalue weighted by Crippen LogP contribution is 2.13. The van der Waals surface area contributed by atoms with Crippen LogP contribution < -0.4 is 12.4 Å². The van der Waals surface area contributed by atoms with Crippen molar-refractivity contribution in [2.45, 2.75) is 104 Å². The quantitative estimate of drug-likeness (QED) is 0.329. The van der Waals surface area contributed by atoms with Crippen molar-refractivity contribution in [3.05, 3.63) is 11.9 Å². The van der Waals surface area contributed by atoms with Gasteiger partial charge in [0, 0.05) is 6.92 Å². The summed E-state index contributed by atoms with van der Waals surface area (Å²) in [6.45, 7) is 5.40.